The van der Waals surface area contributed by atoms with Crippen LogP contribution >= 0.6 is 0 Å². The highest BCUT2D eigenvalue weighted by Crippen LogP contribution is 2.57. The molecule has 0 aliphatic heterocycles. The Morgan fingerprint density at radius 3 is 1.92 bits per heavy atom. The van der Waals surface area contributed by atoms with Gasteiger partial charge in [-0.2, -0.15) is 0 Å². The summed E-state index contributed by atoms with van der Waals surface area (Å²) in [6, 6.07) is 54.0. The minimum absolute atomic E-state index is 0.261. The number of benzene rings is 7. The number of anilines is 3. The van der Waals surface area contributed by atoms with E-state index in [-0.39, 0.29) is 5.41 Å². The quantitative estimate of drug-likeness (QED) is 0.197. The molecule has 0 unspecified atom stereocenters. The van der Waals surface area contributed by atoms with Gasteiger partial charge in [-0.3, -0.25) is 0 Å². The second kappa shape index (κ2) is 9.97. The summed E-state index contributed by atoms with van der Waals surface area (Å²) in [6.07, 6.45) is 0. The van der Waals surface area contributed by atoms with E-state index in [1.54, 1.807) is 0 Å². The number of hydrogen-bond acceptors (Lipinski definition) is 3. The molecule has 3 heteroatoms. The Morgan fingerprint density at radius 1 is 0.479 bits per heavy atom. The first-order valence-electron chi connectivity index (χ1n) is 16.5. The van der Waals surface area contributed by atoms with Crippen molar-refractivity contribution >= 4 is 60.9 Å². The summed E-state index contributed by atoms with van der Waals surface area (Å²) >= 11 is 0. The Balaban J connectivity index is 1.23. The lowest BCUT2D eigenvalue weighted by atomic mass is 9.81. The van der Waals surface area contributed by atoms with Gasteiger partial charge in [0.1, 0.15) is 22.3 Å². The fraction of sp³-hybridized carbons (Fsp3) is 0.0667. The highest BCUT2D eigenvalue weighted by atomic mass is 16.3. The zero-order chi connectivity index (χ0) is 32.0. The first-order chi connectivity index (χ1) is 23.6. The molecule has 1 aliphatic carbocycles. The maximum atomic E-state index is 6.37. The summed E-state index contributed by atoms with van der Waals surface area (Å²) in [6.45, 7) is 4.72. The van der Waals surface area contributed by atoms with E-state index in [1.807, 2.05) is 18.2 Å². The van der Waals surface area contributed by atoms with Crippen LogP contribution in [0.3, 0.4) is 0 Å². The first kappa shape index (κ1) is 27.1. The zero-order valence-corrected chi connectivity index (χ0v) is 26.7. The molecule has 0 bridgehead atoms. The molecule has 0 fully saturated rings. The molecule has 0 N–H and O–H groups in total. The summed E-state index contributed by atoms with van der Waals surface area (Å²) in [5.74, 6) is 0. The van der Waals surface area contributed by atoms with Gasteiger partial charge in [-0.25, -0.2) is 0 Å². The topological polar surface area (TPSA) is 29.5 Å². The summed E-state index contributed by atoms with van der Waals surface area (Å²) < 4.78 is 12.6. The minimum Gasteiger partial charge on any atom is -0.456 e. The van der Waals surface area contributed by atoms with Gasteiger partial charge in [-0.05, 0) is 88.0 Å². The van der Waals surface area contributed by atoms with Crippen molar-refractivity contribution in [3.63, 3.8) is 0 Å². The molecule has 0 atom stereocenters. The fourth-order valence-electron chi connectivity index (χ4n) is 8.06. The van der Waals surface area contributed by atoms with Crippen LogP contribution in [0, 0.1) is 0 Å². The molecule has 1 aliphatic rings. The van der Waals surface area contributed by atoms with E-state index in [1.165, 1.54) is 38.8 Å². The van der Waals surface area contributed by atoms with E-state index >= 15 is 0 Å². The largest absolute Gasteiger partial charge is 0.456 e. The molecule has 0 spiro atoms. The Labute approximate surface area is 278 Å². The molecule has 2 heterocycles. The van der Waals surface area contributed by atoms with Crippen LogP contribution in [0.2, 0.25) is 0 Å². The van der Waals surface area contributed by atoms with Crippen LogP contribution < -0.4 is 4.90 Å². The van der Waals surface area contributed by atoms with Gasteiger partial charge in [0.2, 0.25) is 0 Å². The van der Waals surface area contributed by atoms with E-state index < -0.39 is 0 Å². The molecule has 0 saturated heterocycles. The van der Waals surface area contributed by atoms with Gasteiger partial charge in [-0.15, -0.1) is 0 Å². The van der Waals surface area contributed by atoms with Crippen molar-refractivity contribution in [2.45, 2.75) is 19.3 Å². The second-order valence-corrected chi connectivity index (χ2v) is 13.3. The average molecular weight is 618 g/mol. The smallest absolute Gasteiger partial charge is 0.136 e. The maximum Gasteiger partial charge on any atom is 0.136 e. The van der Waals surface area contributed by atoms with Crippen molar-refractivity contribution < 1.29 is 8.83 Å². The molecule has 7 aromatic carbocycles. The normalized spacial score (nSPS) is 13.4. The lowest BCUT2D eigenvalue weighted by molar-refractivity contribution is 0.657. The number of rotatable bonds is 4. The molecule has 0 saturated carbocycles. The SMILES string of the molecule is CC1(C)c2ccc3oc4ccccc4c3c2-c2cccc(N(c3ccc(-c4ccccc4)cc3)c3ccc4oc5ccccc5c4c3)c21. The number of hydrogen-bond donors (Lipinski definition) is 0. The molecule has 2 aromatic heterocycles. The molecular weight excluding hydrogens is 587 g/mol. The van der Waals surface area contributed by atoms with Crippen molar-refractivity contribution in [2.75, 3.05) is 4.90 Å². The van der Waals surface area contributed by atoms with Crippen LogP contribution in [0.1, 0.15) is 25.0 Å². The number of fused-ring (bicyclic) bond motifs is 10. The van der Waals surface area contributed by atoms with Crippen LogP contribution in [0.15, 0.2) is 160 Å². The lowest BCUT2D eigenvalue weighted by Crippen LogP contribution is -2.20. The van der Waals surface area contributed by atoms with Crippen LogP contribution in [0.5, 0.6) is 0 Å². The van der Waals surface area contributed by atoms with Crippen LogP contribution in [-0.2, 0) is 5.41 Å². The van der Waals surface area contributed by atoms with Crippen molar-refractivity contribution in [3.05, 3.63) is 163 Å². The molecule has 0 radical (unpaired) electrons. The van der Waals surface area contributed by atoms with Crippen molar-refractivity contribution in [1.29, 1.82) is 0 Å². The molecule has 9 aromatic rings. The molecule has 228 valence electrons. The van der Waals surface area contributed by atoms with Gasteiger partial charge in [0, 0.05) is 38.3 Å². The Kier molecular flexibility index (Phi) is 5.63. The van der Waals surface area contributed by atoms with Gasteiger partial charge in [0.25, 0.3) is 0 Å². The minimum atomic E-state index is -0.261. The summed E-state index contributed by atoms with van der Waals surface area (Å²) in [7, 11) is 0. The van der Waals surface area contributed by atoms with E-state index in [0.717, 1.165) is 55.6 Å². The van der Waals surface area contributed by atoms with Gasteiger partial charge in [-0.1, -0.05) is 111 Å². The lowest BCUT2D eigenvalue weighted by Gasteiger charge is -2.32. The predicted molar refractivity (Wildman–Crippen MR) is 199 cm³/mol. The Hall–Kier alpha value is -6.06. The number of para-hydroxylation sites is 2. The van der Waals surface area contributed by atoms with Crippen molar-refractivity contribution in [1.82, 2.24) is 0 Å². The Bertz CT molecular complexity index is 2690. The summed E-state index contributed by atoms with van der Waals surface area (Å²) in [5, 5.41) is 4.57. The number of furan rings is 2. The van der Waals surface area contributed by atoms with Gasteiger partial charge >= 0.3 is 0 Å². The van der Waals surface area contributed by atoms with E-state index in [0.29, 0.717) is 0 Å². The first-order valence-corrected chi connectivity index (χ1v) is 16.5. The molecular formula is C45H31NO2. The van der Waals surface area contributed by atoms with Crippen molar-refractivity contribution in [2.24, 2.45) is 0 Å². The summed E-state index contributed by atoms with van der Waals surface area (Å²) in [5.41, 5.74) is 14.3. The zero-order valence-electron chi connectivity index (χ0n) is 26.7. The Morgan fingerprint density at radius 2 is 1.10 bits per heavy atom. The van der Waals surface area contributed by atoms with Gasteiger partial charge in [0.15, 0.2) is 0 Å². The average Bonchev–Trinajstić information content (AvgIpc) is 3.77. The molecule has 3 nitrogen and oxygen atoms in total. The third-order valence-corrected chi connectivity index (χ3v) is 10.2. The molecule has 10 rings (SSSR count). The third kappa shape index (κ3) is 3.82. The third-order valence-electron chi connectivity index (χ3n) is 10.2. The fourth-order valence-corrected chi connectivity index (χ4v) is 8.06. The monoisotopic (exact) mass is 617 g/mol. The van der Waals surface area contributed by atoms with Crippen LogP contribution in [-0.4, -0.2) is 0 Å². The predicted octanol–water partition coefficient (Wildman–Crippen LogP) is 12.9. The highest BCUT2D eigenvalue weighted by molar-refractivity contribution is 6.15. The second-order valence-electron chi connectivity index (χ2n) is 13.3. The van der Waals surface area contributed by atoms with Crippen LogP contribution in [0.25, 0.3) is 66.1 Å². The maximum absolute atomic E-state index is 6.37. The van der Waals surface area contributed by atoms with E-state index in [4.69, 9.17) is 8.83 Å². The molecule has 0 amide bonds. The van der Waals surface area contributed by atoms with Crippen LogP contribution in [0.4, 0.5) is 17.1 Å². The summed E-state index contributed by atoms with van der Waals surface area (Å²) in [4.78, 5) is 2.42. The van der Waals surface area contributed by atoms with Crippen molar-refractivity contribution in [3.8, 4) is 22.3 Å². The van der Waals surface area contributed by atoms with E-state index in [9.17, 15) is 0 Å². The number of nitrogens with zero attached hydrogens (tertiary/aromatic N) is 1. The highest BCUT2D eigenvalue weighted by Gasteiger charge is 2.40. The molecule has 48 heavy (non-hydrogen) atoms. The standard InChI is InChI=1S/C45H31NO2/c1-45(2)36-24-26-41-43(33-14-7-9-18-39(33)48-41)42(36)34-15-10-16-37(44(34)45)46(30-21-19-29(20-22-30)28-11-4-3-5-12-28)31-23-25-40-35(27-31)32-13-6-8-17-38(32)47-40/h3-27H,1-2H3. The van der Waals surface area contributed by atoms with Gasteiger partial charge in [0.05, 0.1) is 5.69 Å². The van der Waals surface area contributed by atoms with Gasteiger partial charge < -0.3 is 13.7 Å². The van der Waals surface area contributed by atoms with E-state index in [2.05, 4.69) is 152 Å².